The van der Waals surface area contributed by atoms with E-state index in [2.05, 4.69) is 6.58 Å². The van der Waals surface area contributed by atoms with E-state index in [4.69, 9.17) is 4.74 Å². The number of hydrogen-bond acceptors (Lipinski definition) is 4. The van der Waals surface area contributed by atoms with Gasteiger partial charge in [-0.2, -0.15) is 11.3 Å². The molecule has 2 heterocycles. The summed E-state index contributed by atoms with van der Waals surface area (Å²) in [6, 6.07) is 2.02. The number of aliphatic hydroxyl groups is 1. The maximum atomic E-state index is 11.6. The molecule has 1 amide bonds. The summed E-state index contributed by atoms with van der Waals surface area (Å²) in [6.07, 6.45) is 1.40. The molecule has 0 aromatic carbocycles. The Kier molecular flexibility index (Phi) is 4.83. The molecule has 5 heteroatoms. The molecule has 0 spiro atoms. The van der Waals surface area contributed by atoms with Crippen molar-refractivity contribution in [1.82, 2.24) is 4.90 Å². The Balaban J connectivity index is 1.88. The highest BCUT2D eigenvalue weighted by Crippen LogP contribution is 2.32. The molecule has 0 radical (unpaired) electrons. The zero-order chi connectivity index (χ0) is 14.6. The molecule has 1 aliphatic rings. The minimum Gasteiger partial charge on any atom is -0.450 e. The van der Waals surface area contributed by atoms with Crippen LogP contribution in [0.15, 0.2) is 23.4 Å². The number of ether oxygens (including phenoxy) is 1. The van der Waals surface area contributed by atoms with E-state index in [0.29, 0.717) is 39.0 Å². The second-order valence-electron chi connectivity index (χ2n) is 5.20. The molecule has 0 saturated carbocycles. The van der Waals surface area contributed by atoms with E-state index >= 15 is 0 Å². The van der Waals surface area contributed by atoms with Crippen molar-refractivity contribution >= 4 is 23.0 Å². The van der Waals surface area contributed by atoms with Crippen LogP contribution in [0.2, 0.25) is 0 Å². The standard InChI is InChI=1S/C15H21NO3S/c1-3-19-14(17)16-7-5-15(18,6-8-16)10-12(2)13-4-9-20-11-13/h4,9,11,18H,2-3,5-8,10H2,1H3. The smallest absolute Gasteiger partial charge is 0.409 e. The molecule has 110 valence electrons. The predicted molar refractivity (Wildman–Crippen MR) is 80.7 cm³/mol. The number of carbonyl (C=O) groups excluding carboxylic acids is 1. The van der Waals surface area contributed by atoms with Gasteiger partial charge in [-0.3, -0.25) is 0 Å². The molecule has 4 nitrogen and oxygen atoms in total. The first-order valence-corrected chi connectivity index (χ1v) is 7.83. The molecule has 1 fully saturated rings. The van der Waals surface area contributed by atoms with Crippen LogP contribution in [0, 0.1) is 0 Å². The lowest BCUT2D eigenvalue weighted by Crippen LogP contribution is -2.46. The number of carbonyl (C=O) groups is 1. The Morgan fingerprint density at radius 3 is 2.80 bits per heavy atom. The maximum absolute atomic E-state index is 11.6. The van der Waals surface area contributed by atoms with Gasteiger partial charge in [-0.25, -0.2) is 4.79 Å². The predicted octanol–water partition coefficient (Wildman–Crippen LogP) is 3.13. The molecular formula is C15H21NO3S. The zero-order valence-electron chi connectivity index (χ0n) is 11.8. The Morgan fingerprint density at radius 2 is 2.25 bits per heavy atom. The minimum absolute atomic E-state index is 0.286. The normalized spacial score (nSPS) is 17.8. The quantitative estimate of drug-likeness (QED) is 0.928. The molecule has 0 aliphatic carbocycles. The van der Waals surface area contributed by atoms with Crippen molar-refractivity contribution in [2.45, 2.75) is 31.8 Å². The molecule has 0 bridgehead atoms. The van der Waals surface area contributed by atoms with E-state index in [1.165, 1.54) is 0 Å². The van der Waals surface area contributed by atoms with Crippen LogP contribution in [0.3, 0.4) is 0 Å². The number of rotatable bonds is 4. The van der Waals surface area contributed by atoms with Gasteiger partial charge in [0.15, 0.2) is 0 Å². The Hall–Kier alpha value is -1.33. The minimum atomic E-state index is -0.762. The van der Waals surface area contributed by atoms with Gasteiger partial charge in [0.2, 0.25) is 0 Å². The molecule has 1 aliphatic heterocycles. The van der Waals surface area contributed by atoms with Gasteiger partial charge in [0.05, 0.1) is 12.2 Å². The summed E-state index contributed by atoms with van der Waals surface area (Å²) in [5.41, 5.74) is 1.29. The summed E-state index contributed by atoms with van der Waals surface area (Å²) in [6.45, 7) is 7.31. The third kappa shape index (κ3) is 3.61. The second-order valence-corrected chi connectivity index (χ2v) is 5.98. The Morgan fingerprint density at radius 1 is 1.55 bits per heavy atom. The van der Waals surface area contributed by atoms with Crippen molar-refractivity contribution in [2.75, 3.05) is 19.7 Å². The van der Waals surface area contributed by atoms with Crippen molar-refractivity contribution in [3.8, 4) is 0 Å². The van der Waals surface area contributed by atoms with Gasteiger partial charge < -0.3 is 14.7 Å². The molecule has 20 heavy (non-hydrogen) atoms. The lowest BCUT2D eigenvalue weighted by molar-refractivity contribution is -0.0157. The lowest BCUT2D eigenvalue weighted by Gasteiger charge is -2.38. The van der Waals surface area contributed by atoms with E-state index in [0.717, 1.165) is 11.1 Å². The molecule has 1 saturated heterocycles. The lowest BCUT2D eigenvalue weighted by atomic mass is 9.84. The van der Waals surface area contributed by atoms with Crippen LogP contribution in [-0.4, -0.2) is 41.4 Å². The maximum Gasteiger partial charge on any atom is 0.409 e. The summed E-state index contributed by atoms with van der Waals surface area (Å²) in [7, 11) is 0. The highest BCUT2D eigenvalue weighted by atomic mass is 32.1. The summed E-state index contributed by atoms with van der Waals surface area (Å²) in [5.74, 6) is 0. The van der Waals surface area contributed by atoms with Crippen molar-refractivity contribution < 1.29 is 14.6 Å². The van der Waals surface area contributed by atoms with Crippen LogP contribution in [0.25, 0.3) is 5.57 Å². The molecule has 0 unspecified atom stereocenters. The van der Waals surface area contributed by atoms with Crippen molar-refractivity contribution in [3.63, 3.8) is 0 Å². The Labute approximate surface area is 123 Å². The van der Waals surface area contributed by atoms with Gasteiger partial charge in [-0.05, 0) is 47.7 Å². The number of hydrogen-bond donors (Lipinski definition) is 1. The molecular weight excluding hydrogens is 274 g/mol. The van der Waals surface area contributed by atoms with Crippen LogP contribution in [0.1, 0.15) is 31.7 Å². The fourth-order valence-electron chi connectivity index (χ4n) is 2.46. The van der Waals surface area contributed by atoms with E-state index in [9.17, 15) is 9.90 Å². The fraction of sp³-hybridized carbons (Fsp3) is 0.533. The topological polar surface area (TPSA) is 49.8 Å². The highest BCUT2D eigenvalue weighted by Gasteiger charge is 2.34. The average molecular weight is 295 g/mol. The second kappa shape index (κ2) is 6.41. The SMILES string of the molecule is C=C(CC1(O)CCN(C(=O)OCC)CC1)c1ccsc1. The first kappa shape index (κ1) is 15.1. The van der Waals surface area contributed by atoms with E-state index < -0.39 is 5.60 Å². The van der Waals surface area contributed by atoms with Crippen molar-refractivity contribution in [2.24, 2.45) is 0 Å². The van der Waals surface area contributed by atoms with Gasteiger partial charge in [0.25, 0.3) is 0 Å². The van der Waals surface area contributed by atoms with Gasteiger partial charge in [0.1, 0.15) is 0 Å². The van der Waals surface area contributed by atoms with Gasteiger partial charge in [-0.1, -0.05) is 6.58 Å². The number of likely N-dealkylation sites (tertiary alicyclic amines) is 1. The van der Waals surface area contributed by atoms with Gasteiger partial charge >= 0.3 is 6.09 Å². The summed E-state index contributed by atoms with van der Waals surface area (Å²) < 4.78 is 4.98. The molecule has 2 rings (SSSR count). The third-order valence-corrected chi connectivity index (χ3v) is 4.38. The highest BCUT2D eigenvalue weighted by molar-refractivity contribution is 7.08. The van der Waals surface area contributed by atoms with E-state index in [1.54, 1.807) is 23.2 Å². The van der Waals surface area contributed by atoms with E-state index in [1.807, 2.05) is 16.8 Å². The van der Waals surface area contributed by atoms with Crippen LogP contribution < -0.4 is 0 Å². The van der Waals surface area contributed by atoms with Crippen molar-refractivity contribution in [1.29, 1.82) is 0 Å². The number of piperidine rings is 1. The first-order chi connectivity index (χ1) is 9.54. The molecule has 1 aromatic rings. The summed E-state index contributed by atoms with van der Waals surface area (Å²) in [4.78, 5) is 13.3. The number of amides is 1. The third-order valence-electron chi connectivity index (χ3n) is 3.69. The van der Waals surface area contributed by atoms with Gasteiger partial charge in [0, 0.05) is 19.5 Å². The average Bonchev–Trinajstić information content (AvgIpc) is 2.93. The van der Waals surface area contributed by atoms with E-state index in [-0.39, 0.29) is 6.09 Å². The largest absolute Gasteiger partial charge is 0.450 e. The summed E-state index contributed by atoms with van der Waals surface area (Å²) >= 11 is 1.63. The zero-order valence-corrected chi connectivity index (χ0v) is 12.6. The number of nitrogens with zero attached hydrogens (tertiary/aromatic N) is 1. The number of thiophene rings is 1. The monoisotopic (exact) mass is 295 g/mol. The molecule has 0 atom stereocenters. The van der Waals surface area contributed by atoms with Crippen LogP contribution in [0.5, 0.6) is 0 Å². The van der Waals surface area contributed by atoms with Crippen LogP contribution in [0.4, 0.5) is 4.79 Å². The molecule has 1 aromatic heterocycles. The van der Waals surface area contributed by atoms with Gasteiger partial charge in [-0.15, -0.1) is 0 Å². The fourth-order valence-corrected chi connectivity index (χ4v) is 3.16. The summed E-state index contributed by atoms with van der Waals surface area (Å²) in [5, 5.41) is 14.7. The Bertz CT molecular complexity index is 461. The van der Waals surface area contributed by atoms with Crippen molar-refractivity contribution in [3.05, 3.63) is 29.0 Å². The van der Waals surface area contributed by atoms with Crippen LogP contribution in [-0.2, 0) is 4.74 Å². The molecule has 1 N–H and O–H groups in total. The van der Waals surface area contributed by atoms with Crippen LogP contribution >= 0.6 is 11.3 Å². The first-order valence-electron chi connectivity index (χ1n) is 6.88.